The molecule has 1 aliphatic heterocycles. The van der Waals surface area contributed by atoms with Crippen molar-refractivity contribution >= 4 is 23.2 Å². The topological polar surface area (TPSA) is 83.0 Å². The first-order chi connectivity index (χ1) is 15.2. The van der Waals surface area contributed by atoms with E-state index < -0.39 is 23.7 Å². The number of halogens is 4. The molecule has 11 heteroatoms. The highest BCUT2D eigenvalue weighted by molar-refractivity contribution is 6.03. The fourth-order valence-corrected chi connectivity index (χ4v) is 3.38. The molecule has 1 aliphatic rings. The zero-order valence-electron chi connectivity index (χ0n) is 16.8. The van der Waals surface area contributed by atoms with Gasteiger partial charge in [-0.05, 0) is 43.7 Å². The van der Waals surface area contributed by atoms with E-state index in [9.17, 15) is 22.4 Å². The first kappa shape index (κ1) is 21.5. The number of nitrogens with one attached hydrogen (secondary N) is 2. The fraction of sp³-hybridized carbons (Fsp3) is 0.238. The van der Waals surface area contributed by atoms with Crippen LogP contribution in [0.3, 0.4) is 0 Å². The van der Waals surface area contributed by atoms with Crippen molar-refractivity contribution in [2.45, 2.75) is 25.6 Å². The molecule has 0 fully saturated rings. The van der Waals surface area contributed by atoms with E-state index in [0.717, 1.165) is 18.5 Å². The van der Waals surface area contributed by atoms with E-state index in [1.54, 1.807) is 12.1 Å². The average Bonchev–Trinajstić information content (AvgIpc) is 2.92. The summed E-state index contributed by atoms with van der Waals surface area (Å²) in [6.45, 7) is 2.36. The van der Waals surface area contributed by atoms with Gasteiger partial charge in [-0.15, -0.1) is 0 Å². The predicted molar refractivity (Wildman–Crippen MR) is 111 cm³/mol. The molecule has 3 aromatic rings. The molecule has 0 saturated heterocycles. The molecule has 166 valence electrons. The minimum atomic E-state index is -4.60. The van der Waals surface area contributed by atoms with E-state index in [1.165, 1.54) is 23.2 Å². The van der Waals surface area contributed by atoms with Gasteiger partial charge in [0.1, 0.15) is 5.69 Å². The molecule has 7 nitrogen and oxygen atoms in total. The SMILES string of the molecule is C[C@@H]1CCNc2ccc(-c3ccnc(C(F)(F)F)c3)nc2N1C(=O)Nc1ccncc1F. The largest absolute Gasteiger partial charge is 0.433 e. The number of amides is 2. The molecule has 32 heavy (non-hydrogen) atoms. The highest BCUT2D eigenvalue weighted by Gasteiger charge is 2.33. The molecule has 0 spiro atoms. The van der Waals surface area contributed by atoms with E-state index in [0.29, 0.717) is 18.7 Å². The molecule has 0 saturated carbocycles. The molecular formula is C21H18F4N6O. The number of hydrogen-bond acceptors (Lipinski definition) is 5. The van der Waals surface area contributed by atoms with Crippen LogP contribution < -0.4 is 15.5 Å². The van der Waals surface area contributed by atoms with Gasteiger partial charge in [-0.2, -0.15) is 13.2 Å². The zero-order valence-corrected chi connectivity index (χ0v) is 16.8. The van der Waals surface area contributed by atoms with Crippen LogP contribution in [0.2, 0.25) is 0 Å². The van der Waals surface area contributed by atoms with Crippen LogP contribution >= 0.6 is 0 Å². The molecule has 0 aliphatic carbocycles. The number of rotatable bonds is 2. The summed E-state index contributed by atoms with van der Waals surface area (Å²) in [4.78, 5) is 26.0. The molecule has 0 aromatic carbocycles. The average molecular weight is 446 g/mol. The first-order valence-electron chi connectivity index (χ1n) is 9.72. The second kappa shape index (κ2) is 8.40. The Morgan fingerprint density at radius 2 is 2.03 bits per heavy atom. The lowest BCUT2D eigenvalue weighted by molar-refractivity contribution is -0.141. The van der Waals surface area contributed by atoms with Gasteiger partial charge >= 0.3 is 12.2 Å². The number of alkyl halides is 3. The van der Waals surface area contributed by atoms with Gasteiger partial charge in [0, 0.05) is 30.5 Å². The van der Waals surface area contributed by atoms with Crippen LogP contribution in [0.5, 0.6) is 0 Å². The quantitative estimate of drug-likeness (QED) is 0.545. The fourth-order valence-electron chi connectivity index (χ4n) is 3.38. The van der Waals surface area contributed by atoms with E-state index in [1.807, 2.05) is 6.92 Å². The van der Waals surface area contributed by atoms with Crippen molar-refractivity contribution in [1.29, 1.82) is 0 Å². The highest BCUT2D eigenvalue weighted by Crippen LogP contribution is 2.34. The maximum Gasteiger partial charge on any atom is 0.433 e. The van der Waals surface area contributed by atoms with Gasteiger partial charge in [0.25, 0.3) is 0 Å². The normalized spacial score (nSPS) is 16.0. The Balaban J connectivity index is 1.74. The van der Waals surface area contributed by atoms with Crippen molar-refractivity contribution in [3.05, 3.63) is 60.4 Å². The molecule has 0 unspecified atom stereocenters. The Kier molecular flexibility index (Phi) is 5.64. The lowest BCUT2D eigenvalue weighted by atomic mass is 10.1. The molecule has 4 rings (SSSR count). The Labute approximate surface area is 180 Å². The predicted octanol–water partition coefficient (Wildman–Crippen LogP) is 4.94. The van der Waals surface area contributed by atoms with Crippen molar-refractivity contribution in [1.82, 2.24) is 15.0 Å². The Hall–Kier alpha value is -3.76. The van der Waals surface area contributed by atoms with Gasteiger partial charge in [-0.25, -0.2) is 14.2 Å². The Morgan fingerprint density at radius 3 is 2.78 bits per heavy atom. The highest BCUT2D eigenvalue weighted by atomic mass is 19.4. The van der Waals surface area contributed by atoms with Gasteiger partial charge in [-0.1, -0.05) is 0 Å². The summed E-state index contributed by atoms with van der Waals surface area (Å²) in [5.41, 5.74) is -0.112. The second-order valence-corrected chi connectivity index (χ2v) is 7.22. The summed E-state index contributed by atoms with van der Waals surface area (Å²) in [6, 6.07) is 5.91. The molecule has 3 aromatic heterocycles. The molecule has 2 amide bonds. The maximum atomic E-state index is 14.0. The van der Waals surface area contributed by atoms with Crippen LogP contribution in [0, 0.1) is 5.82 Å². The number of carbonyl (C=O) groups excluding carboxylic acids is 1. The number of fused-ring (bicyclic) bond motifs is 1. The van der Waals surface area contributed by atoms with Crippen molar-refractivity contribution < 1.29 is 22.4 Å². The van der Waals surface area contributed by atoms with Gasteiger partial charge in [-0.3, -0.25) is 14.9 Å². The van der Waals surface area contributed by atoms with Crippen LogP contribution in [-0.4, -0.2) is 33.6 Å². The summed E-state index contributed by atoms with van der Waals surface area (Å²) >= 11 is 0. The summed E-state index contributed by atoms with van der Waals surface area (Å²) < 4.78 is 53.2. The van der Waals surface area contributed by atoms with E-state index in [-0.39, 0.29) is 28.8 Å². The zero-order chi connectivity index (χ0) is 22.9. The standard InChI is InChI=1S/C21H18F4N6O/c1-12-4-8-27-17-3-2-15(13-5-9-28-18(10-13)21(23,24)25)29-19(17)31(12)20(32)30-16-6-7-26-11-14(16)22/h2-3,5-7,9-12,27H,4,8H2,1H3,(H,26,30,32)/t12-/m1/s1. The number of aromatic nitrogens is 3. The summed E-state index contributed by atoms with van der Waals surface area (Å²) in [5.74, 6) is -0.468. The summed E-state index contributed by atoms with van der Waals surface area (Å²) in [5, 5.41) is 5.68. The first-order valence-corrected chi connectivity index (χ1v) is 9.72. The molecular weight excluding hydrogens is 428 g/mol. The van der Waals surface area contributed by atoms with E-state index in [2.05, 4.69) is 25.6 Å². The number of anilines is 3. The molecule has 2 N–H and O–H groups in total. The molecule has 4 heterocycles. The lowest BCUT2D eigenvalue weighted by Crippen LogP contribution is -2.42. The van der Waals surface area contributed by atoms with Crippen LogP contribution in [0.4, 0.5) is 39.5 Å². The minimum absolute atomic E-state index is 0.0453. The smallest absolute Gasteiger partial charge is 0.382 e. The number of carbonyl (C=O) groups is 1. The van der Waals surface area contributed by atoms with Crippen molar-refractivity contribution in [2.75, 3.05) is 22.1 Å². The van der Waals surface area contributed by atoms with Crippen LogP contribution in [0.1, 0.15) is 19.0 Å². The van der Waals surface area contributed by atoms with Crippen LogP contribution in [-0.2, 0) is 6.18 Å². The van der Waals surface area contributed by atoms with Gasteiger partial charge in [0.15, 0.2) is 11.6 Å². The monoisotopic (exact) mass is 446 g/mol. The van der Waals surface area contributed by atoms with Crippen molar-refractivity contribution in [2.24, 2.45) is 0 Å². The minimum Gasteiger partial charge on any atom is -0.382 e. The van der Waals surface area contributed by atoms with Gasteiger partial charge < -0.3 is 10.6 Å². The second-order valence-electron chi connectivity index (χ2n) is 7.22. The third-order valence-electron chi connectivity index (χ3n) is 5.00. The third-order valence-corrected chi connectivity index (χ3v) is 5.00. The third kappa shape index (κ3) is 4.32. The lowest BCUT2D eigenvalue weighted by Gasteiger charge is -2.27. The Morgan fingerprint density at radius 1 is 1.22 bits per heavy atom. The number of nitrogens with zero attached hydrogens (tertiary/aromatic N) is 4. The summed E-state index contributed by atoms with van der Waals surface area (Å²) in [7, 11) is 0. The van der Waals surface area contributed by atoms with E-state index >= 15 is 0 Å². The number of pyridine rings is 3. The van der Waals surface area contributed by atoms with Crippen molar-refractivity contribution in [3.63, 3.8) is 0 Å². The van der Waals surface area contributed by atoms with E-state index in [4.69, 9.17) is 0 Å². The number of hydrogen-bond donors (Lipinski definition) is 2. The summed E-state index contributed by atoms with van der Waals surface area (Å²) in [6.07, 6.45) is -0.639. The maximum absolute atomic E-state index is 14.0. The molecule has 1 atom stereocenters. The van der Waals surface area contributed by atoms with Gasteiger partial charge in [0.2, 0.25) is 0 Å². The van der Waals surface area contributed by atoms with Crippen LogP contribution in [0.15, 0.2) is 48.9 Å². The molecule has 0 bridgehead atoms. The van der Waals surface area contributed by atoms with Crippen molar-refractivity contribution in [3.8, 4) is 11.3 Å². The Bertz CT molecular complexity index is 1150. The molecule has 0 radical (unpaired) electrons. The van der Waals surface area contributed by atoms with Crippen LogP contribution in [0.25, 0.3) is 11.3 Å². The number of urea groups is 1. The van der Waals surface area contributed by atoms with Gasteiger partial charge in [0.05, 0.1) is 23.3 Å².